The van der Waals surface area contributed by atoms with E-state index in [2.05, 4.69) is 9.97 Å². The van der Waals surface area contributed by atoms with Crippen LogP contribution in [0.15, 0.2) is 36.7 Å². The summed E-state index contributed by atoms with van der Waals surface area (Å²) >= 11 is 1.60. The van der Waals surface area contributed by atoms with Crippen LogP contribution in [0.1, 0.15) is 15.4 Å². The summed E-state index contributed by atoms with van der Waals surface area (Å²) in [5, 5.41) is 2.13. The minimum Gasteiger partial charge on any atom is -0.361 e. The fourth-order valence-corrected chi connectivity index (χ4v) is 3.55. The van der Waals surface area contributed by atoms with Gasteiger partial charge in [-0.3, -0.25) is 4.79 Å². The van der Waals surface area contributed by atoms with E-state index in [0.29, 0.717) is 13.0 Å². The van der Waals surface area contributed by atoms with Crippen LogP contribution in [-0.4, -0.2) is 33.9 Å². The number of carbonyl (C=O) groups is 1. The Morgan fingerprint density at radius 2 is 2.08 bits per heavy atom. The number of thiazole rings is 1. The van der Waals surface area contributed by atoms with Gasteiger partial charge in [-0.2, -0.15) is 0 Å². The molecule has 136 valence electrons. The number of amides is 1. The van der Waals surface area contributed by atoms with Crippen LogP contribution in [-0.2, 0) is 17.8 Å². The molecule has 8 heteroatoms. The lowest BCUT2D eigenvalue weighted by molar-refractivity contribution is -0.131. The first-order valence-electron chi connectivity index (χ1n) is 7.51. The Labute approximate surface area is 163 Å². The highest BCUT2D eigenvalue weighted by molar-refractivity contribution is 7.11. The quantitative estimate of drug-likeness (QED) is 0.689. The molecule has 3 N–H and O–H groups in total. The number of benzene rings is 1. The number of aromatic nitrogens is 2. The van der Waals surface area contributed by atoms with E-state index >= 15 is 0 Å². The van der Waals surface area contributed by atoms with Crippen molar-refractivity contribution >= 4 is 53.0 Å². The molecule has 0 spiro atoms. The lowest BCUT2D eigenvalue weighted by Crippen LogP contribution is -2.42. The second-order valence-electron chi connectivity index (χ2n) is 5.71. The van der Waals surface area contributed by atoms with Gasteiger partial charge < -0.3 is 15.6 Å². The Hall–Kier alpha value is -1.60. The van der Waals surface area contributed by atoms with Crippen molar-refractivity contribution in [2.75, 3.05) is 7.05 Å². The van der Waals surface area contributed by atoms with E-state index in [9.17, 15) is 4.79 Å². The number of hydrogen-bond acceptors (Lipinski definition) is 4. The molecule has 0 fully saturated rings. The molecule has 0 aliphatic carbocycles. The third kappa shape index (κ3) is 4.95. The minimum absolute atomic E-state index is 0. The fourth-order valence-electron chi connectivity index (χ4n) is 2.70. The van der Waals surface area contributed by atoms with Crippen molar-refractivity contribution < 1.29 is 4.79 Å². The standard InChI is InChI=1S/C17H20N4OS.2ClH/c1-11-19-9-13(23-11)10-21(2)17(22)15(18)7-12-8-20-16-6-4-3-5-14(12)16;;/h3-6,8-9,15,20H,7,10,18H2,1-2H3;2*1H/t15-;;/m0../s1. The predicted molar refractivity (Wildman–Crippen MR) is 108 cm³/mol. The number of para-hydroxylation sites is 1. The second-order valence-corrected chi connectivity index (χ2v) is 7.03. The third-order valence-electron chi connectivity index (χ3n) is 3.87. The molecule has 2 aromatic heterocycles. The number of nitrogens with zero attached hydrogens (tertiary/aromatic N) is 2. The predicted octanol–water partition coefficient (Wildman–Crippen LogP) is 3.30. The van der Waals surface area contributed by atoms with Crippen LogP contribution in [0.25, 0.3) is 10.9 Å². The van der Waals surface area contributed by atoms with Gasteiger partial charge in [0.2, 0.25) is 5.91 Å². The molecule has 25 heavy (non-hydrogen) atoms. The van der Waals surface area contributed by atoms with Crippen LogP contribution < -0.4 is 5.73 Å². The first-order chi connectivity index (χ1) is 11.0. The lowest BCUT2D eigenvalue weighted by Gasteiger charge is -2.20. The summed E-state index contributed by atoms with van der Waals surface area (Å²) < 4.78 is 0. The van der Waals surface area contributed by atoms with Gasteiger partial charge in [-0.25, -0.2) is 4.98 Å². The molecule has 0 bridgehead atoms. The smallest absolute Gasteiger partial charge is 0.239 e. The average molecular weight is 401 g/mol. The molecule has 0 saturated carbocycles. The van der Waals surface area contributed by atoms with Gasteiger partial charge in [0.05, 0.1) is 17.6 Å². The number of fused-ring (bicyclic) bond motifs is 1. The van der Waals surface area contributed by atoms with Crippen molar-refractivity contribution in [2.45, 2.75) is 25.9 Å². The number of halogens is 2. The summed E-state index contributed by atoms with van der Waals surface area (Å²) in [4.78, 5) is 22.7. The maximum Gasteiger partial charge on any atom is 0.239 e. The molecule has 0 aliphatic rings. The Morgan fingerprint density at radius 3 is 2.76 bits per heavy atom. The maximum atomic E-state index is 12.5. The van der Waals surface area contributed by atoms with Crippen molar-refractivity contribution in [1.29, 1.82) is 0 Å². The van der Waals surface area contributed by atoms with Crippen LogP contribution in [0.5, 0.6) is 0 Å². The third-order valence-corrected chi connectivity index (χ3v) is 4.77. The number of H-pyrrole nitrogens is 1. The van der Waals surface area contributed by atoms with Crippen molar-refractivity contribution in [1.82, 2.24) is 14.9 Å². The maximum absolute atomic E-state index is 12.5. The Kier molecular flexibility index (Phi) is 7.89. The van der Waals surface area contributed by atoms with E-state index in [-0.39, 0.29) is 30.7 Å². The minimum atomic E-state index is -0.548. The van der Waals surface area contributed by atoms with Gasteiger partial charge in [0.25, 0.3) is 0 Å². The van der Waals surface area contributed by atoms with Crippen molar-refractivity contribution in [2.24, 2.45) is 5.73 Å². The largest absolute Gasteiger partial charge is 0.361 e. The summed E-state index contributed by atoms with van der Waals surface area (Å²) in [6.07, 6.45) is 4.27. The Balaban J connectivity index is 0.00000156. The van der Waals surface area contributed by atoms with Crippen LogP contribution >= 0.6 is 36.2 Å². The molecule has 0 radical (unpaired) electrons. The van der Waals surface area contributed by atoms with Crippen LogP contribution in [0.4, 0.5) is 0 Å². The van der Waals surface area contributed by atoms with Gasteiger partial charge >= 0.3 is 0 Å². The topological polar surface area (TPSA) is 75.0 Å². The van der Waals surface area contributed by atoms with Gasteiger partial charge in [-0.05, 0) is 25.0 Å². The first kappa shape index (κ1) is 21.4. The number of likely N-dealkylation sites (N-methyl/N-ethyl adjacent to an activating group) is 1. The van der Waals surface area contributed by atoms with Crippen molar-refractivity contribution in [3.05, 3.63) is 52.1 Å². The van der Waals surface area contributed by atoms with Crippen LogP contribution in [0, 0.1) is 6.92 Å². The summed E-state index contributed by atoms with van der Waals surface area (Å²) in [5.74, 6) is -0.0543. The average Bonchev–Trinajstić information content (AvgIpc) is 3.13. The van der Waals surface area contributed by atoms with E-state index in [1.54, 1.807) is 23.3 Å². The molecule has 0 saturated heterocycles. The van der Waals surface area contributed by atoms with Gasteiger partial charge in [-0.15, -0.1) is 36.2 Å². The molecule has 1 amide bonds. The number of rotatable bonds is 5. The number of nitrogens with one attached hydrogen (secondary N) is 1. The number of aryl methyl sites for hydroxylation is 1. The van der Waals surface area contributed by atoms with Gasteiger partial charge in [0.15, 0.2) is 0 Å². The monoisotopic (exact) mass is 400 g/mol. The van der Waals surface area contributed by atoms with E-state index in [1.165, 1.54) is 0 Å². The van der Waals surface area contributed by atoms with E-state index in [4.69, 9.17) is 5.73 Å². The summed E-state index contributed by atoms with van der Waals surface area (Å²) in [7, 11) is 1.78. The molecule has 1 atom stereocenters. The summed E-state index contributed by atoms with van der Waals surface area (Å²) in [5.41, 5.74) is 8.28. The van der Waals surface area contributed by atoms with Gasteiger partial charge in [-0.1, -0.05) is 18.2 Å². The van der Waals surface area contributed by atoms with E-state index in [0.717, 1.165) is 26.4 Å². The van der Waals surface area contributed by atoms with E-state index in [1.807, 2.05) is 43.6 Å². The molecule has 0 unspecified atom stereocenters. The van der Waals surface area contributed by atoms with Crippen molar-refractivity contribution in [3.8, 4) is 0 Å². The molecule has 2 heterocycles. The molecule has 3 rings (SSSR count). The van der Waals surface area contributed by atoms with Gasteiger partial charge in [0, 0.05) is 35.2 Å². The molecular weight excluding hydrogens is 379 g/mol. The highest BCUT2D eigenvalue weighted by Crippen LogP contribution is 2.19. The Morgan fingerprint density at radius 1 is 1.36 bits per heavy atom. The normalized spacial score (nSPS) is 11.5. The highest BCUT2D eigenvalue weighted by atomic mass is 35.5. The zero-order chi connectivity index (χ0) is 16.4. The molecule has 0 aliphatic heterocycles. The molecule has 5 nitrogen and oxygen atoms in total. The SMILES string of the molecule is Cc1ncc(CN(C)C(=O)[C@@H](N)Cc2c[nH]c3ccccc23)s1.Cl.Cl. The van der Waals surface area contributed by atoms with Crippen molar-refractivity contribution in [3.63, 3.8) is 0 Å². The lowest BCUT2D eigenvalue weighted by atomic mass is 10.0. The summed E-state index contributed by atoms with van der Waals surface area (Å²) in [6.45, 7) is 2.50. The van der Waals surface area contributed by atoms with Gasteiger partial charge in [0.1, 0.15) is 0 Å². The Bertz CT molecular complexity index is 833. The number of hydrogen-bond donors (Lipinski definition) is 2. The zero-order valence-corrected chi connectivity index (χ0v) is 16.5. The van der Waals surface area contributed by atoms with E-state index < -0.39 is 6.04 Å². The second kappa shape index (κ2) is 9.20. The molecule has 3 aromatic rings. The summed E-state index contributed by atoms with van der Waals surface area (Å²) in [6, 6.07) is 7.49. The molecular formula is C17H22Cl2N4OS. The fraction of sp³-hybridized carbons (Fsp3) is 0.294. The highest BCUT2D eigenvalue weighted by Gasteiger charge is 2.20. The van der Waals surface area contributed by atoms with Crippen LogP contribution in [0.3, 0.4) is 0 Å². The number of carbonyl (C=O) groups excluding carboxylic acids is 1. The molecule has 1 aromatic carbocycles. The number of nitrogens with two attached hydrogens (primary N) is 1. The van der Waals surface area contributed by atoms with Crippen LogP contribution in [0.2, 0.25) is 0 Å². The number of aromatic amines is 1. The zero-order valence-electron chi connectivity index (χ0n) is 14.1. The first-order valence-corrected chi connectivity index (χ1v) is 8.33.